The second-order valence-electron chi connectivity index (χ2n) is 12.4. The second-order valence-corrected chi connectivity index (χ2v) is 12.8. The maximum absolute atomic E-state index is 14.7. The average molecular weight is 775 g/mol. The zero-order chi connectivity index (χ0) is 38.9. The highest BCUT2D eigenvalue weighted by atomic mass is 35.5. The lowest BCUT2D eigenvalue weighted by molar-refractivity contribution is 0.174. The lowest BCUT2D eigenvalue weighted by Gasteiger charge is -2.12. The van der Waals surface area contributed by atoms with E-state index in [4.69, 9.17) is 32.5 Å². The molecule has 0 aliphatic carbocycles. The molecule has 0 saturated carbocycles. The fourth-order valence-corrected chi connectivity index (χ4v) is 6.25. The maximum Gasteiger partial charge on any atom is 0.239 e. The third kappa shape index (κ3) is 6.88. The maximum atomic E-state index is 14.7. The summed E-state index contributed by atoms with van der Waals surface area (Å²) in [5.74, 6) is 1.26. The van der Waals surface area contributed by atoms with E-state index in [0.29, 0.717) is 40.7 Å². The van der Waals surface area contributed by atoms with Gasteiger partial charge < -0.3 is 31.6 Å². The van der Waals surface area contributed by atoms with Gasteiger partial charge >= 0.3 is 0 Å². The van der Waals surface area contributed by atoms with E-state index in [1.54, 1.807) is 51.6 Å². The van der Waals surface area contributed by atoms with Crippen LogP contribution in [0.1, 0.15) is 25.5 Å². The average Bonchev–Trinajstić information content (AvgIpc) is 3.94. The SMILES string of the molecule is CCc1nc2ccccc2n1-c1nc(N)c(F)c(Nc2ccc(Cl)cc2)n1.CCc1nc2ccccc2n1-c1nc(N)c(F)c(Nc2ccc3c(c2)OCO3)n1. The van der Waals surface area contributed by atoms with Crippen molar-refractivity contribution in [3.63, 3.8) is 0 Å². The van der Waals surface area contributed by atoms with E-state index in [-0.39, 0.29) is 42.0 Å². The van der Waals surface area contributed by atoms with Crippen LogP contribution in [0.4, 0.5) is 43.4 Å². The molecular weight excluding hydrogens is 742 g/mol. The molecule has 8 aromatic rings. The van der Waals surface area contributed by atoms with Gasteiger partial charge in [0, 0.05) is 35.3 Å². The van der Waals surface area contributed by atoms with Crippen molar-refractivity contribution in [1.29, 1.82) is 0 Å². The van der Waals surface area contributed by atoms with Crippen LogP contribution >= 0.6 is 11.6 Å². The van der Waals surface area contributed by atoms with Gasteiger partial charge in [-0.2, -0.15) is 28.7 Å². The number of nitrogens with zero attached hydrogens (tertiary/aromatic N) is 8. The van der Waals surface area contributed by atoms with Crippen LogP contribution < -0.4 is 31.6 Å². The largest absolute Gasteiger partial charge is 0.454 e. The summed E-state index contributed by atoms with van der Waals surface area (Å²) >= 11 is 5.90. The molecule has 6 N–H and O–H groups in total. The van der Waals surface area contributed by atoms with Crippen molar-refractivity contribution < 1.29 is 18.3 Å². The molecule has 9 rings (SSSR count). The predicted molar refractivity (Wildman–Crippen MR) is 211 cm³/mol. The smallest absolute Gasteiger partial charge is 0.239 e. The van der Waals surface area contributed by atoms with Crippen molar-refractivity contribution in [1.82, 2.24) is 39.0 Å². The van der Waals surface area contributed by atoms with E-state index in [1.165, 1.54) is 0 Å². The minimum Gasteiger partial charge on any atom is -0.454 e. The standard InChI is InChI=1S/C20H17FN6O2.C19H16ClFN6/c1-2-16-24-12-5-3-4-6-13(12)27(16)20-25-18(22)17(21)19(26-20)23-11-7-8-14-15(9-11)29-10-28-14;1-2-15-24-13-5-3-4-6-14(13)27(15)19-25-17(22)16(21)18(26-19)23-12-9-7-11(20)8-10-12/h3-9H,2,10H2,1H3,(H3,22,23,25,26);3-10H,2H2,1H3,(H3,22,23,25,26). The summed E-state index contributed by atoms with van der Waals surface area (Å²) in [6.45, 7) is 4.12. The number of imidazole rings is 2. The van der Waals surface area contributed by atoms with E-state index in [9.17, 15) is 8.78 Å². The summed E-state index contributed by atoms with van der Waals surface area (Å²) in [6.07, 6.45) is 1.31. The second kappa shape index (κ2) is 15.0. The topological polar surface area (TPSA) is 182 Å². The lowest BCUT2D eigenvalue weighted by atomic mass is 10.2. The van der Waals surface area contributed by atoms with E-state index in [0.717, 1.165) is 33.7 Å². The van der Waals surface area contributed by atoms with Crippen molar-refractivity contribution in [2.75, 3.05) is 28.9 Å². The fraction of sp³-hybridized carbons (Fsp3) is 0.128. The highest BCUT2D eigenvalue weighted by molar-refractivity contribution is 6.30. The van der Waals surface area contributed by atoms with Crippen LogP contribution in [0, 0.1) is 11.6 Å². The lowest BCUT2D eigenvalue weighted by Crippen LogP contribution is -2.11. The number of para-hydroxylation sites is 4. The highest BCUT2D eigenvalue weighted by Gasteiger charge is 2.21. The quantitative estimate of drug-likeness (QED) is 0.117. The molecule has 0 radical (unpaired) electrons. The van der Waals surface area contributed by atoms with E-state index < -0.39 is 11.6 Å². The first-order chi connectivity index (χ1) is 27.2. The molecule has 5 heterocycles. The van der Waals surface area contributed by atoms with Crippen molar-refractivity contribution in [2.45, 2.75) is 26.7 Å². The Morgan fingerprint density at radius 1 is 0.625 bits per heavy atom. The van der Waals surface area contributed by atoms with Gasteiger partial charge in [-0.3, -0.25) is 9.13 Å². The number of benzene rings is 4. The zero-order valence-electron chi connectivity index (χ0n) is 30.0. The van der Waals surface area contributed by atoms with Gasteiger partial charge in [-0.25, -0.2) is 9.97 Å². The first-order valence-corrected chi connectivity index (χ1v) is 17.9. The molecule has 282 valence electrons. The number of rotatable bonds is 8. The minimum absolute atomic E-state index is 0.0142. The Bertz CT molecular complexity index is 2740. The zero-order valence-corrected chi connectivity index (χ0v) is 30.7. The van der Waals surface area contributed by atoms with Gasteiger partial charge in [0.2, 0.25) is 30.3 Å². The number of nitrogen functional groups attached to an aromatic ring is 2. The van der Waals surface area contributed by atoms with Crippen molar-refractivity contribution in [3.05, 3.63) is 119 Å². The third-order valence-corrected chi connectivity index (χ3v) is 9.02. The number of hydrogen-bond donors (Lipinski definition) is 4. The number of fused-ring (bicyclic) bond motifs is 3. The summed E-state index contributed by atoms with van der Waals surface area (Å²) in [6, 6.07) is 27.3. The molecule has 0 unspecified atom stereocenters. The number of aryl methyl sites for hydroxylation is 2. The highest BCUT2D eigenvalue weighted by Crippen LogP contribution is 2.36. The number of halogens is 3. The molecule has 0 atom stereocenters. The molecule has 4 aromatic carbocycles. The molecule has 1 aliphatic heterocycles. The van der Waals surface area contributed by atoms with Gasteiger partial charge in [-0.15, -0.1) is 0 Å². The number of nitrogens with one attached hydrogen (secondary N) is 2. The molecule has 0 fully saturated rings. The summed E-state index contributed by atoms with van der Waals surface area (Å²) in [4.78, 5) is 26.3. The molecule has 4 aromatic heterocycles. The fourth-order valence-electron chi connectivity index (χ4n) is 6.12. The van der Waals surface area contributed by atoms with Gasteiger partial charge in [-0.05, 0) is 60.7 Å². The molecule has 56 heavy (non-hydrogen) atoms. The van der Waals surface area contributed by atoms with Crippen molar-refractivity contribution in [2.24, 2.45) is 0 Å². The number of hydrogen-bond acceptors (Lipinski definition) is 12. The number of anilines is 6. The van der Waals surface area contributed by atoms with Crippen molar-refractivity contribution in [3.8, 4) is 23.4 Å². The molecule has 0 saturated heterocycles. The van der Waals surface area contributed by atoms with Crippen LogP contribution in [0.5, 0.6) is 11.5 Å². The molecule has 14 nitrogen and oxygen atoms in total. The van der Waals surface area contributed by atoms with Crippen molar-refractivity contribution >= 4 is 68.3 Å². The Kier molecular flexibility index (Phi) is 9.62. The molecule has 0 spiro atoms. The Balaban J connectivity index is 0.000000158. The third-order valence-electron chi connectivity index (χ3n) is 8.77. The van der Waals surface area contributed by atoms with Crippen LogP contribution in [0.25, 0.3) is 34.0 Å². The van der Waals surface area contributed by atoms with E-state index in [1.807, 2.05) is 62.4 Å². The summed E-state index contributed by atoms with van der Waals surface area (Å²) in [5, 5.41) is 6.47. The van der Waals surface area contributed by atoms with Crippen LogP contribution in [-0.2, 0) is 12.8 Å². The molecule has 1 aliphatic rings. The number of ether oxygens (including phenoxy) is 2. The first kappa shape index (κ1) is 35.9. The van der Waals surface area contributed by atoms with Crippen LogP contribution in [0.15, 0.2) is 91.0 Å². The molecular formula is C39H33ClF2N12O2. The van der Waals surface area contributed by atoms with E-state index in [2.05, 4.69) is 40.5 Å². The van der Waals surface area contributed by atoms with Gasteiger partial charge in [0.25, 0.3) is 0 Å². The number of nitrogens with two attached hydrogens (primary N) is 2. The summed E-state index contributed by atoms with van der Waals surface area (Å²) in [7, 11) is 0. The van der Waals surface area contributed by atoms with Crippen LogP contribution in [-0.4, -0.2) is 45.8 Å². The Morgan fingerprint density at radius 2 is 1.11 bits per heavy atom. The van der Waals surface area contributed by atoms with E-state index >= 15 is 0 Å². The summed E-state index contributed by atoms with van der Waals surface area (Å²) in [5.41, 5.74) is 16.2. The van der Waals surface area contributed by atoms with Gasteiger partial charge in [0.15, 0.2) is 34.8 Å². The monoisotopic (exact) mass is 774 g/mol. The first-order valence-electron chi connectivity index (χ1n) is 17.5. The Hall–Kier alpha value is -7.07. The molecule has 17 heteroatoms. The van der Waals surface area contributed by atoms with Crippen LogP contribution in [0.3, 0.4) is 0 Å². The molecule has 0 amide bonds. The predicted octanol–water partition coefficient (Wildman–Crippen LogP) is 8.07. The van der Waals surface area contributed by atoms with Gasteiger partial charge in [-0.1, -0.05) is 49.7 Å². The Labute approximate surface area is 323 Å². The normalized spacial score (nSPS) is 11.8. The van der Waals surface area contributed by atoms with Gasteiger partial charge in [0.05, 0.1) is 22.1 Å². The van der Waals surface area contributed by atoms with Crippen LogP contribution in [0.2, 0.25) is 5.02 Å². The molecule has 0 bridgehead atoms. The minimum atomic E-state index is -0.728. The summed E-state index contributed by atoms with van der Waals surface area (Å²) < 4.78 is 43.5. The van der Waals surface area contributed by atoms with Gasteiger partial charge in [0.1, 0.15) is 11.6 Å². The Morgan fingerprint density at radius 3 is 1.64 bits per heavy atom. The number of aromatic nitrogens is 8.